The molecule has 0 aliphatic rings. The summed E-state index contributed by atoms with van der Waals surface area (Å²) < 4.78 is 0. The molecule has 0 atom stereocenters. The summed E-state index contributed by atoms with van der Waals surface area (Å²) >= 11 is 4.81. The van der Waals surface area contributed by atoms with E-state index in [2.05, 4.69) is 51.2 Å². The highest BCUT2D eigenvalue weighted by molar-refractivity contribution is 7.78. The Morgan fingerprint density at radius 2 is 1.88 bits per heavy atom. The van der Waals surface area contributed by atoms with Crippen molar-refractivity contribution in [2.24, 2.45) is 0 Å². The van der Waals surface area contributed by atoms with E-state index in [0.29, 0.717) is 11.8 Å². The van der Waals surface area contributed by atoms with Crippen LogP contribution in [0.15, 0.2) is 18.2 Å². The van der Waals surface area contributed by atoms with Crippen molar-refractivity contribution in [1.82, 2.24) is 5.32 Å². The van der Waals surface area contributed by atoms with Gasteiger partial charge in [0.2, 0.25) is 0 Å². The van der Waals surface area contributed by atoms with Crippen molar-refractivity contribution in [3.05, 3.63) is 34.9 Å². The SMILES string of the molecule is CC(C)c1cccc(CNC=S)c1C(C)C. The first kappa shape index (κ1) is 13.2. The fourth-order valence-corrected chi connectivity index (χ4v) is 2.23. The molecular formula is C14H21NS. The monoisotopic (exact) mass is 235 g/mol. The second-order valence-corrected chi connectivity index (χ2v) is 4.96. The van der Waals surface area contributed by atoms with Gasteiger partial charge in [-0.25, -0.2) is 0 Å². The highest BCUT2D eigenvalue weighted by Crippen LogP contribution is 2.29. The summed E-state index contributed by atoms with van der Waals surface area (Å²) in [5, 5.41) is 3.12. The van der Waals surface area contributed by atoms with E-state index >= 15 is 0 Å². The van der Waals surface area contributed by atoms with Crippen LogP contribution in [0, 0.1) is 0 Å². The zero-order valence-electron chi connectivity index (χ0n) is 10.6. The van der Waals surface area contributed by atoms with E-state index in [1.165, 1.54) is 16.7 Å². The first-order valence-corrected chi connectivity index (χ1v) is 6.33. The average molecular weight is 235 g/mol. The Morgan fingerprint density at radius 3 is 2.38 bits per heavy atom. The Labute approximate surface area is 104 Å². The molecule has 1 rings (SSSR count). The molecule has 0 aliphatic carbocycles. The van der Waals surface area contributed by atoms with Crippen LogP contribution >= 0.6 is 12.2 Å². The predicted octanol–water partition coefficient (Wildman–Crippen LogP) is 3.98. The Hall–Kier alpha value is -0.890. The molecule has 1 aromatic rings. The van der Waals surface area contributed by atoms with E-state index in [-0.39, 0.29) is 0 Å². The Bertz CT molecular complexity index is 356. The minimum absolute atomic E-state index is 0.556. The summed E-state index contributed by atoms with van der Waals surface area (Å²) in [6, 6.07) is 6.57. The molecule has 0 spiro atoms. The maximum Gasteiger partial charge on any atom is 0.0617 e. The molecule has 0 saturated heterocycles. The van der Waals surface area contributed by atoms with Crippen LogP contribution < -0.4 is 5.32 Å². The lowest BCUT2D eigenvalue weighted by Crippen LogP contribution is -2.13. The molecule has 1 N–H and O–H groups in total. The van der Waals surface area contributed by atoms with Crippen molar-refractivity contribution in [1.29, 1.82) is 0 Å². The predicted molar refractivity (Wildman–Crippen MR) is 75.1 cm³/mol. The molecule has 16 heavy (non-hydrogen) atoms. The van der Waals surface area contributed by atoms with Crippen LogP contribution in [0.25, 0.3) is 0 Å². The molecule has 0 saturated carbocycles. The fourth-order valence-electron chi connectivity index (χ4n) is 2.15. The molecule has 0 amide bonds. The zero-order chi connectivity index (χ0) is 12.1. The van der Waals surface area contributed by atoms with E-state index in [9.17, 15) is 0 Å². The molecule has 1 aromatic carbocycles. The van der Waals surface area contributed by atoms with Crippen molar-refractivity contribution in [3.63, 3.8) is 0 Å². The lowest BCUT2D eigenvalue weighted by atomic mass is 9.87. The molecule has 2 heteroatoms. The van der Waals surface area contributed by atoms with Gasteiger partial charge in [0.25, 0.3) is 0 Å². The molecule has 0 aliphatic heterocycles. The van der Waals surface area contributed by atoms with Crippen molar-refractivity contribution in [3.8, 4) is 0 Å². The molecule has 1 nitrogen and oxygen atoms in total. The molecule has 0 fully saturated rings. The third-order valence-corrected chi connectivity index (χ3v) is 2.97. The zero-order valence-corrected chi connectivity index (χ0v) is 11.4. The molecule has 0 unspecified atom stereocenters. The van der Waals surface area contributed by atoms with E-state index in [1.807, 2.05) is 0 Å². The van der Waals surface area contributed by atoms with Gasteiger partial charge in [-0.3, -0.25) is 0 Å². The van der Waals surface area contributed by atoms with Gasteiger partial charge in [-0.05, 0) is 28.5 Å². The fraction of sp³-hybridized carbons (Fsp3) is 0.500. The minimum atomic E-state index is 0.556. The van der Waals surface area contributed by atoms with Gasteiger partial charge >= 0.3 is 0 Å². The van der Waals surface area contributed by atoms with Gasteiger partial charge in [0.15, 0.2) is 0 Å². The third kappa shape index (κ3) is 3.05. The molecule has 0 bridgehead atoms. The summed E-state index contributed by atoms with van der Waals surface area (Å²) in [5.41, 5.74) is 5.88. The van der Waals surface area contributed by atoms with E-state index in [0.717, 1.165) is 6.54 Å². The van der Waals surface area contributed by atoms with E-state index < -0.39 is 0 Å². The maximum atomic E-state index is 4.81. The Kier molecular flexibility index (Phi) is 4.94. The topological polar surface area (TPSA) is 12.0 Å². The van der Waals surface area contributed by atoms with Crippen molar-refractivity contribution in [2.45, 2.75) is 46.1 Å². The summed E-state index contributed by atoms with van der Waals surface area (Å²) in [5.74, 6) is 1.13. The lowest BCUT2D eigenvalue weighted by Gasteiger charge is -2.20. The van der Waals surface area contributed by atoms with E-state index in [1.54, 1.807) is 5.49 Å². The van der Waals surface area contributed by atoms with Gasteiger partial charge in [-0.2, -0.15) is 0 Å². The van der Waals surface area contributed by atoms with Crippen molar-refractivity contribution in [2.75, 3.05) is 0 Å². The highest BCUT2D eigenvalue weighted by Gasteiger charge is 2.13. The second kappa shape index (κ2) is 6.00. The lowest BCUT2D eigenvalue weighted by molar-refractivity contribution is 0.766. The minimum Gasteiger partial charge on any atom is -0.378 e. The van der Waals surface area contributed by atoms with E-state index in [4.69, 9.17) is 12.2 Å². The van der Waals surface area contributed by atoms with Crippen molar-refractivity contribution >= 4 is 17.7 Å². The summed E-state index contributed by atoms with van der Waals surface area (Å²) in [6.07, 6.45) is 0. The Balaban J connectivity index is 3.15. The number of hydrogen-bond donors (Lipinski definition) is 1. The van der Waals surface area contributed by atoms with Gasteiger partial charge < -0.3 is 5.32 Å². The molecular weight excluding hydrogens is 214 g/mol. The van der Waals surface area contributed by atoms with Gasteiger partial charge in [0.05, 0.1) is 5.49 Å². The summed E-state index contributed by atoms with van der Waals surface area (Å²) in [4.78, 5) is 0. The molecule has 0 aromatic heterocycles. The first-order valence-electron chi connectivity index (χ1n) is 5.86. The first-order chi connectivity index (χ1) is 7.57. The van der Waals surface area contributed by atoms with Crippen LogP contribution in [0.1, 0.15) is 56.2 Å². The van der Waals surface area contributed by atoms with Gasteiger partial charge in [-0.15, -0.1) is 0 Å². The number of nitrogens with one attached hydrogen (secondary N) is 1. The molecule has 0 radical (unpaired) electrons. The molecule has 0 heterocycles. The van der Waals surface area contributed by atoms with Gasteiger partial charge in [0, 0.05) is 6.54 Å². The number of thiocarbonyl (C=S) groups is 1. The smallest absolute Gasteiger partial charge is 0.0617 e. The van der Waals surface area contributed by atoms with Crippen molar-refractivity contribution < 1.29 is 0 Å². The average Bonchev–Trinajstić information content (AvgIpc) is 2.25. The van der Waals surface area contributed by atoms with Crippen LogP contribution in [0.2, 0.25) is 0 Å². The Morgan fingerprint density at radius 1 is 1.19 bits per heavy atom. The quantitative estimate of drug-likeness (QED) is 0.775. The maximum absolute atomic E-state index is 4.81. The van der Waals surface area contributed by atoms with Crippen LogP contribution in [0.4, 0.5) is 0 Å². The van der Waals surface area contributed by atoms with Gasteiger partial charge in [-0.1, -0.05) is 58.1 Å². The van der Waals surface area contributed by atoms with Crippen LogP contribution in [-0.4, -0.2) is 5.49 Å². The van der Waals surface area contributed by atoms with Crippen LogP contribution in [0.3, 0.4) is 0 Å². The van der Waals surface area contributed by atoms with Crippen LogP contribution in [-0.2, 0) is 6.54 Å². The summed E-state index contributed by atoms with van der Waals surface area (Å²) in [7, 11) is 0. The third-order valence-electron chi connectivity index (χ3n) is 2.81. The number of hydrogen-bond acceptors (Lipinski definition) is 1. The number of benzene rings is 1. The van der Waals surface area contributed by atoms with Crippen LogP contribution in [0.5, 0.6) is 0 Å². The highest BCUT2D eigenvalue weighted by atomic mass is 32.1. The normalized spacial score (nSPS) is 10.9. The number of rotatable bonds is 5. The second-order valence-electron chi connectivity index (χ2n) is 4.73. The largest absolute Gasteiger partial charge is 0.378 e. The standard InChI is InChI=1S/C14H21NS/c1-10(2)13-7-5-6-12(8-15-9-16)14(13)11(3)4/h5-7,9-11H,8H2,1-4H3,(H,15,16). The molecule has 88 valence electrons. The van der Waals surface area contributed by atoms with Gasteiger partial charge in [0.1, 0.15) is 0 Å². The summed E-state index contributed by atoms with van der Waals surface area (Å²) in [6.45, 7) is 9.83.